The van der Waals surface area contributed by atoms with Crippen molar-refractivity contribution in [2.75, 3.05) is 0 Å². The van der Waals surface area contributed by atoms with Gasteiger partial charge in [-0.1, -0.05) is 94.8 Å². The molecular weight excluding hydrogens is 580 g/mol. The molecule has 0 aliphatic carbocycles. The van der Waals surface area contributed by atoms with Crippen molar-refractivity contribution in [3.8, 4) is 11.5 Å². The highest BCUT2D eigenvalue weighted by Gasteiger charge is 2.37. The van der Waals surface area contributed by atoms with Crippen molar-refractivity contribution in [1.82, 2.24) is 0 Å². The summed E-state index contributed by atoms with van der Waals surface area (Å²) in [6, 6.07) is 28.9. The first kappa shape index (κ1) is 38.8. The number of esters is 1. The van der Waals surface area contributed by atoms with Crippen molar-refractivity contribution in [1.29, 1.82) is 0 Å². The molecule has 0 radical (unpaired) electrons. The van der Waals surface area contributed by atoms with Gasteiger partial charge in [-0.05, 0) is 98.1 Å². The second kappa shape index (κ2) is 17.9. The predicted octanol–water partition coefficient (Wildman–Crippen LogP) is 10.0. The maximum Gasteiger partial charge on any atom is 0.343 e. The number of aryl methyl sites for hydroxylation is 3. The summed E-state index contributed by atoms with van der Waals surface area (Å²) in [5, 5.41) is 17.5. The van der Waals surface area contributed by atoms with Crippen molar-refractivity contribution < 1.29 is 29.0 Å². The molecule has 0 aliphatic rings. The molecule has 0 saturated carbocycles. The molecule has 0 unspecified atom stereocenters. The topological polar surface area (TPSA) is 93.1 Å². The largest absolute Gasteiger partial charge is 0.508 e. The Morgan fingerprint density at radius 1 is 0.711 bits per heavy atom. The molecule has 0 amide bonds. The van der Waals surface area contributed by atoms with Crippen LogP contribution in [0.5, 0.6) is 11.5 Å². The van der Waals surface area contributed by atoms with E-state index < -0.39 is 14.3 Å². The van der Waals surface area contributed by atoms with E-state index in [1.807, 2.05) is 62.4 Å². The van der Waals surface area contributed by atoms with Crippen LogP contribution in [0.4, 0.5) is 0 Å². The Bertz CT molecular complexity index is 1450. The lowest BCUT2D eigenvalue weighted by molar-refractivity contribution is 0.0694. The average molecular weight is 631 g/mol. The highest BCUT2D eigenvalue weighted by molar-refractivity contribution is 6.74. The van der Waals surface area contributed by atoms with E-state index in [4.69, 9.17) is 19.4 Å². The summed E-state index contributed by atoms with van der Waals surface area (Å²) < 4.78 is 11.6. The van der Waals surface area contributed by atoms with Crippen molar-refractivity contribution in [2.45, 2.75) is 80.1 Å². The summed E-state index contributed by atoms with van der Waals surface area (Å²) >= 11 is 0. The van der Waals surface area contributed by atoms with Gasteiger partial charge in [0.2, 0.25) is 0 Å². The zero-order chi connectivity index (χ0) is 32.9. The molecule has 4 rings (SSSR count). The number of hydrogen-bond donors (Lipinski definition) is 2. The number of ether oxygens (including phenoxy) is 1. The number of carboxylic acids is 1. The predicted molar refractivity (Wildman–Crippen MR) is 187 cm³/mol. The highest BCUT2D eigenvalue weighted by Crippen LogP contribution is 2.37. The second-order valence-corrected chi connectivity index (χ2v) is 16.9. The van der Waals surface area contributed by atoms with Crippen LogP contribution in [0.3, 0.4) is 0 Å². The van der Waals surface area contributed by atoms with Crippen molar-refractivity contribution >= 4 is 20.3 Å². The normalized spacial score (nSPS) is 10.7. The fraction of sp³-hybridized carbons (Fsp3) is 0.316. The van der Waals surface area contributed by atoms with E-state index in [2.05, 4.69) is 40.8 Å². The van der Waals surface area contributed by atoms with Crippen LogP contribution in [-0.4, -0.2) is 30.5 Å². The lowest BCUT2D eigenvalue weighted by Crippen LogP contribution is -2.40. The minimum atomic E-state index is -1.76. The summed E-state index contributed by atoms with van der Waals surface area (Å²) in [5.41, 5.74) is 5.42. The zero-order valence-corrected chi connectivity index (χ0v) is 28.2. The van der Waals surface area contributed by atoms with Gasteiger partial charge in [-0.15, -0.1) is 0 Å². The van der Waals surface area contributed by atoms with Gasteiger partial charge in [-0.2, -0.15) is 0 Å². The van der Waals surface area contributed by atoms with E-state index in [1.54, 1.807) is 48.5 Å². The van der Waals surface area contributed by atoms with E-state index in [9.17, 15) is 9.59 Å². The maximum atomic E-state index is 12.1. The van der Waals surface area contributed by atoms with Gasteiger partial charge >= 0.3 is 11.9 Å². The minimum absolute atomic E-state index is 0. The number of phenolic OH excluding ortho intramolecular Hbond substituents is 1. The van der Waals surface area contributed by atoms with E-state index in [0.29, 0.717) is 29.2 Å². The monoisotopic (exact) mass is 630 g/mol. The molecular formula is C38H50O6Si. The number of aromatic hydroxyl groups is 1. The highest BCUT2D eigenvalue weighted by atomic mass is 28.4. The number of phenols is 1. The van der Waals surface area contributed by atoms with Gasteiger partial charge in [0.05, 0.1) is 17.7 Å². The zero-order valence-electron chi connectivity index (χ0n) is 27.2. The van der Waals surface area contributed by atoms with Crippen molar-refractivity contribution in [2.24, 2.45) is 0 Å². The Morgan fingerprint density at radius 3 is 1.58 bits per heavy atom. The maximum absolute atomic E-state index is 12.1. The first-order chi connectivity index (χ1) is 20.6. The van der Waals surface area contributed by atoms with Gasteiger partial charge in [0.1, 0.15) is 11.5 Å². The van der Waals surface area contributed by atoms with Crippen LogP contribution >= 0.6 is 0 Å². The van der Waals surface area contributed by atoms with Crippen LogP contribution in [-0.2, 0) is 17.5 Å². The molecule has 2 N–H and O–H groups in total. The Labute approximate surface area is 270 Å². The Morgan fingerprint density at radius 2 is 1.16 bits per heavy atom. The molecule has 0 fully saturated rings. The quantitative estimate of drug-likeness (QED) is 0.120. The number of carbonyl (C=O) groups is 2. The van der Waals surface area contributed by atoms with Crippen LogP contribution in [0.25, 0.3) is 0 Å². The Balaban J connectivity index is 0.000000413. The fourth-order valence-electron chi connectivity index (χ4n) is 3.42. The summed E-state index contributed by atoms with van der Waals surface area (Å²) in [5.74, 6) is -0.334. The van der Waals surface area contributed by atoms with E-state index in [0.717, 1.165) is 23.1 Å². The van der Waals surface area contributed by atoms with Gasteiger partial charge in [-0.25, -0.2) is 9.59 Å². The number of rotatable bonds is 7. The fourth-order valence-corrected chi connectivity index (χ4v) is 4.38. The lowest BCUT2D eigenvalue weighted by Gasteiger charge is -2.36. The standard InChI is InChI=1S/C21H28O3Si.C8H8O2.C8H10O.CH4/c1-16-7-11-18(12-8-16)20(22)24-19-13-9-17(10-14-19)15-23-25(5,6)21(2,3)4;1-6-2-4-7(5-3-6)8(9)10;1-2-7-3-5-8(9)6-4-7;/h7-14H,15H2,1-6H3;2-5H,1H3,(H,9,10);3-6,9H,2H2,1H3;1H4. The van der Waals surface area contributed by atoms with Crippen molar-refractivity contribution in [3.63, 3.8) is 0 Å². The molecule has 0 saturated heterocycles. The molecule has 6 nitrogen and oxygen atoms in total. The summed E-state index contributed by atoms with van der Waals surface area (Å²) in [7, 11) is -1.76. The molecule has 0 heterocycles. The number of carbonyl (C=O) groups excluding carboxylic acids is 1. The molecule has 4 aromatic rings. The van der Waals surface area contributed by atoms with Crippen LogP contribution in [0.15, 0.2) is 97.1 Å². The molecule has 4 aromatic carbocycles. The summed E-state index contributed by atoms with van der Waals surface area (Å²) in [4.78, 5) is 22.4. The second-order valence-electron chi connectivity index (χ2n) is 12.1. The first-order valence-corrected chi connectivity index (χ1v) is 17.6. The Hall–Kier alpha value is -4.20. The average Bonchev–Trinajstić information content (AvgIpc) is 2.98. The van der Waals surface area contributed by atoms with Crippen LogP contribution < -0.4 is 4.74 Å². The summed E-state index contributed by atoms with van der Waals surface area (Å²) in [6.07, 6.45) is 1.03. The van der Waals surface area contributed by atoms with Crippen molar-refractivity contribution in [3.05, 3.63) is 130 Å². The summed E-state index contributed by atoms with van der Waals surface area (Å²) in [6.45, 7) is 17.8. The first-order valence-electron chi connectivity index (χ1n) is 14.7. The van der Waals surface area contributed by atoms with Gasteiger partial charge in [0.25, 0.3) is 0 Å². The van der Waals surface area contributed by atoms with E-state index in [-0.39, 0.29) is 18.4 Å². The minimum Gasteiger partial charge on any atom is -0.508 e. The van der Waals surface area contributed by atoms with E-state index in [1.165, 1.54) is 5.56 Å². The van der Waals surface area contributed by atoms with Crippen LogP contribution in [0, 0.1) is 13.8 Å². The SMILES string of the molecule is C.CCc1ccc(O)cc1.Cc1ccc(C(=O)O)cc1.Cc1ccc(C(=O)Oc2ccc(CO[Si](C)(C)C(C)(C)C)cc2)cc1. The number of hydrogen-bond acceptors (Lipinski definition) is 5. The van der Waals surface area contributed by atoms with Gasteiger partial charge in [0.15, 0.2) is 8.32 Å². The van der Waals surface area contributed by atoms with Crippen LogP contribution in [0.1, 0.15) is 78.1 Å². The molecule has 0 spiro atoms. The molecule has 0 aliphatic heterocycles. The third-order valence-electron chi connectivity index (χ3n) is 7.47. The lowest BCUT2D eigenvalue weighted by atomic mass is 10.1. The van der Waals surface area contributed by atoms with Gasteiger partial charge < -0.3 is 19.4 Å². The number of aromatic carboxylic acids is 1. The van der Waals surface area contributed by atoms with Gasteiger partial charge in [0, 0.05) is 0 Å². The van der Waals surface area contributed by atoms with Crippen LogP contribution in [0.2, 0.25) is 18.1 Å². The Kier molecular flexibility index (Phi) is 15.5. The molecule has 0 atom stereocenters. The third kappa shape index (κ3) is 13.5. The molecule has 0 bridgehead atoms. The molecule has 242 valence electrons. The number of benzene rings is 4. The third-order valence-corrected chi connectivity index (χ3v) is 11.9. The molecule has 7 heteroatoms. The van der Waals surface area contributed by atoms with Gasteiger partial charge in [-0.3, -0.25) is 0 Å². The molecule has 0 aromatic heterocycles. The van der Waals surface area contributed by atoms with E-state index >= 15 is 0 Å². The smallest absolute Gasteiger partial charge is 0.343 e. The molecule has 45 heavy (non-hydrogen) atoms. The number of carboxylic acid groups (broad SMARTS) is 1.